The van der Waals surface area contributed by atoms with Crippen LogP contribution in [0.3, 0.4) is 0 Å². The number of nitrogens with one attached hydrogen (secondary N) is 1. The van der Waals surface area contributed by atoms with Gasteiger partial charge < -0.3 is 10.1 Å². The van der Waals surface area contributed by atoms with E-state index < -0.39 is 0 Å². The number of nitrogens with zero attached hydrogens (tertiary/aromatic N) is 1. The normalized spacial score (nSPS) is 27.3. The first-order chi connectivity index (χ1) is 8.77. The van der Waals surface area contributed by atoms with Gasteiger partial charge in [-0.3, -0.25) is 0 Å². The minimum Gasteiger partial charge on any atom is -0.373 e. The monoisotopic (exact) mass is 266 g/mol. The van der Waals surface area contributed by atoms with E-state index in [2.05, 4.69) is 10.3 Å². The molecule has 2 fully saturated rings. The molecule has 98 valence electrons. The van der Waals surface area contributed by atoms with Gasteiger partial charge in [0.25, 0.3) is 0 Å². The minimum atomic E-state index is 0.204. The first-order valence-corrected chi connectivity index (χ1v) is 7.09. The summed E-state index contributed by atoms with van der Waals surface area (Å²) in [5.74, 6) is 0. The third-order valence-corrected chi connectivity index (χ3v) is 4.54. The highest BCUT2D eigenvalue weighted by atomic mass is 35.5. The number of hydrogen-bond donors (Lipinski definition) is 1. The van der Waals surface area contributed by atoms with Gasteiger partial charge in [-0.2, -0.15) is 0 Å². The van der Waals surface area contributed by atoms with Crippen LogP contribution in [0.2, 0.25) is 5.15 Å². The fourth-order valence-electron chi connectivity index (χ4n) is 3.06. The number of hydrogen-bond acceptors (Lipinski definition) is 3. The van der Waals surface area contributed by atoms with E-state index in [0.29, 0.717) is 10.6 Å². The van der Waals surface area contributed by atoms with Crippen LogP contribution in [-0.4, -0.2) is 24.7 Å². The Balaban J connectivity index is 1.64. The third kappa shape index (κ3) is 2.53. The van der Waals surface area contributed by atoms with Gasteiger partial charge in [-0.15, -0.1) is 0 Å². The maximum absolute atomic E-state index is 6.09. The second kappa shape index (κ2) is 5.16. The molecule has 1 spiro atoms. The molecule has 3 rings (SSSR count). The Morgan fingerprint density at radius 1 is 1.28 bits per heavy atom. The average Bonchev–Trinajstić information content (AvgIpc) is 2.42. The molecule has 0 bridgehead atoms. The SMILES string of the molecule is Clc1ccc(C2CCC3(CCNCC3)CO2)cn1. The third-order valence-electron chi connectivity index (χ3n) is 4.31. The van der Waals surface area contributed by atoms with Crippen molar-refractivity contribution in [3.63, 3.8) is 0 Å². The van der Waals surface area contributed by atoms with Gasteiger partial charge in [0, 0.05) is 6.20 Å². The van der Waals surface area contributed by atoms with Crippen molar-refractivity contribution < 1.29 is 4.74 Å². The topological polar surface area (TPSA) is 34.1 Å². The number of ether oxygens (including phenoxy) is 1. The molecule has 1 aromatic heterocycles. The summed E-state index contributed by atoms with van der Waals surface area (Å²) in [6.45, 7) is 3.16. The molecule has 4 heteroatoms. The molecular formula is C14H19ClN2O. The van der Waals surface area contributed by atoms with Gasteiger partial charge in [0.1, 0.15) is 5.15 Å². The van der Waals surface area contributed by atoms with Crippen LogP contribution in [0.4, 0.5) is 0 Å². The standard InChI is InChI=1S/C14H19ClN2O/c15-13-2-1-11(9-17-13)12-3-4-14(10-18-12)5-7-16-8-6-14/h1-2,9,12,16H,3-8,10H2. The largest absolute Gasteiger partial charge is 0.373 e. The number of halogens is 1. The van der Waals surface area contributed by atoms with Gasteiger partial charge >= 0.3 is 0 Å². The molecule has 3 heterocycles. The van der Waals surface area contributed by atoms with Crippen LogP contribution in [0.1, 0.15) is 37.4 Å². The molecule has 2 aliphatic rings. The fourth-order valence-corrected chi connectivity index (χ4v) is 3.17. The van der Waals surface area contributed by atoms with E-state index in [4.69, 9.17) is 16.3 Å². The van der Waals surface area contributed by atoms with E-state index in [-0.39, 0.29) is 6.10 Å². The molecule has 0 aromatic carbocycles. The highest BCUT2D eigenvalue weighted by molar-refractivity contribution is 6.29. The van der Waals surface area contributed by atoms with Crippen molar-refractivity contribution in [2.24, 2.45) is 5.41 Å². The van der Waals surface area contributed by atoms with Crippen LogP contribution >= 0.6 is 11.6 Å². The van der Waals surface area contributed by atoms with E-state index in [0.717, 1.165) is 31.7 Å². The Morgan fingerprint density at radius 2 is 2.11 bits per heavy atom. The van der Waals surface area contributed by atoms with Crippen molar-refractivity contribution >= 4 is 11.6 Å². The van der Waals surface area contributed by atoms with Crippen molar-refractivity contribution in [3.8, 4) is 0 Å². The van der Waals surface area contributed by atoms with E-state index in [9.17, 15) is 0 Å². The smallest absolute Gasteiger partial charge is 0.129 e. The van der Waals surface area contributed by atoms with Crippen molar-refractivity contribution in [2.75, 3.05) is 19.7 Å². The van der Waals surface area contributed by atoms with E-state index in [1.807, 2.05) is 18.3 Å². The highest BCUT2D eigenvalue weighted by Gasteiger charge is 2.37. The first-order valence-electron chi connectivity index (χ1n) is 6.71. The Morgan fingerprint density at radius 3 is 2.72 bits per heavy atom. The van der Waals surface area contributed by atoms with Gasteiger partial charge in [-0.1, -0.05) is 17.7 Å². The maximum Gasteiger partial charge on any atom is 0.129 e. The molecule has 0 radical (unpaired) electrons. The lowest BCUT2D eigenvalue weighted by Crippen LogP contribution is -2.42. The molecule has 1 N–H and O–H groups in total. The molecule has 2 aliphatic heterocycles. The van der Waals surface area contributed by atoms with Gasteiger partial charge in [0.2, 0.25) is 0 Å². The fraction of sp³-hybridized carbons (Fsp3) is 0.643. The summed E-state index contributed by atoms with van der Waals surface area (Å²) in [5, 5.41) is 3.97. The van der Waals surface area contributed by atoms with E-state index in [1.165, 1.54) is 19.3 Å². The lowest BCUT2D eigenvalue weighted by Gasteiger charge is -2.43. The Hall–Kier alpha value is -0.640. The lowest BCUT2D eigenvalue weighted by atomic mass is 9.73. The molecule has 1 aromatic rings. The maximum atomic E-state index is 6.09. The van der Waals surface area contributed by atoms with E-state index >= 15 is 0 Å². The second-order valence-electron chi connectivity index (χ2n) is 5.50. The van der Waals surface area contributed by atoms with Crippen molar-refractivity contribution in [1.29, 1.82) is 0 Å². The Labute approximate surface area is 113 Å². The highest BCUT2D eigenvalue weighted by Crippen LogP contribution is 2.42. The summed E-state index contributed by atoms with van der Waals surface area (Å²) in [6.07, 6.45) is 6.91. The lowest BCUT2D eigenvalue weighted by molar-refractivity contribution is -0.0762. The molecular weight excluding hydrogens is 248 g/mol. The van der Waals surface area contributed by atoms with Crippen molar-refractivity contribution in [1.82, 2.24) is 10.3 Å². The summed E-state index contributed by atoms with van der Waals surface area (Å²) in [5.41, 5.74) is 1.59. The summed E-state index contributed by atoms with van der Waals surface area (Å²) in [4.78, 5) is 4.13. The van der Waals surface area contributed by atoms with Crippen molar-refractivity contribution in [2.45, 2.75) is 31.8 Å². The summed E-state index contributed by atoms with van der Waals surface area (Å²) >= 11 is 5.81. The first kappa shape index (κ1) is 12.4. The molecule has 0 saturated carbocycles. The van der Waals surface area contributed by atoms with Crippen LogP contribution in [0.25, 0.3) is 0 Å². The van der Waals surface area contributed by atoms with Crippen LogP contribution in [0.15, 0.2) is 18.3 Å². The molecule has 1 atom stereocenters. The predicted molar refractivity (Wildman–Crippen MR) is 71.7 cm³/mol. The van der Waals surface area contributed by atoms with E-state index in [1.54, 1.807) is 0 Å². The quantitative estimate of drug-likeness (QED) is 0.794. The van der Waals surface area contributed by atoms with Crippen LogP contribution in [-0.2, 0) is 4.74 Å². The Bertz CT molecular complexity index is 391. The Kier molecular flexibility index (Phi) is 3.55. The zero-order valence-corrected chi connectivity index (χ0v) is 11.2. The number of pyridine rings is 1. The molecule has 0 aliphatic carbocycles. The van der Waals surface area contributed by atoms with Gasteiger partial charge in [0.05, 0.1) is 12.7 Å². The predicted octanol–water partition coefficient (Wildman–Crippen LogP) is 2.96. The zero-order chi connectivity index (χ0) is 12.4. The molecule has 1 unspecified atom stereocenters. The molecule has 2 saturated heterocycles. The summed E-state index contributed by atoms with van der Waals surface area (Å²) < 4.78 is 6.09. The van der Waals surface area contributed by atoms with Crippen LogP contribution in [0.5, 0.6) is 0 Å². The average molecular weight is 267 g/mol. The number of piperidine rings is 1. The van der Waals surface area contributed by atoms with Gasteiger partial charge in [0.15, 0.2) is 0 Å². The summed E-state index contributed by atoms with van der Waals surface area (Å²) in [7, 11) is 0. The van der Waals surface area contributed by atoms with Crippen LogP contribution < -0.4 is 5.32 Å². The number of rotatable bonds is 1. The molecule has 3 nitrogen and oxygen atoms in total. The van der Waals surface area contributed by atoms with Crippen LogP contribution in [0, 0.1) is 5.41 Å². The number of aromatic nitrogens is 1. The molecule has 0 amide bonds. The summed E-state index contributed by atoms with van der Waals surface area (Å²) in [6, 6.07) is 3.87. The minimum absolute atomic E-state index is 0.204. The van der Waals surface area contributed by atoms with Crippen molar-refractivity contribution in [3.05, 3.63) is 29.0 Å². The zero-order valence-electron chi connectivity index (χ0n) is 10.5. The van der Waals surface area contributed by atoms with Gasteiger partial charge in [-0.25, -0.2) is 4.98 Å². The van der Waals surface area contributed by atoms with Gasteiger partial charge in [-0.05, 0) is 55.8 Å². The molecule has 18 heavy (non-hydrogen) atoms. The second-order valence-corrected chi connectivity index (χ2v) is 5.89.